The third-order valence-electron chi connectivity index (χ3n) is 3.15. The maximum atomic E-state index is 5.88. The average Bonchev–Trinajstić information content (AvgIpc) is 2.37. The Balaban J connectivity index is 2.61. The van der Waals surface area contributed by atoms with Crippen LogP contribution >= 0.6 is 0 Å². The maximum Gasteiger partial charge on any atom is 0.123 e. The molecule has 0 aromatic heterocycles. The maximum absolute atomic E-state index is 5.88. The highest BCUT2D eigenvalue weighted by Gasteiger charge is 2.04. The van der Waals surface area contributed by atoms with Crippen molar-refractivity contribution in [3.63, 3.8) is 0 Å². The first-order chi connectivity index (χ1) is 8.69. The molecule has 0 aliphatic heterocycles. The number of ether oxygens (including phenoxy) is 1. The van der Waals surface area contributed by atoms with E-state index in [-0.39, 0.29) is 0 Å². The molecule has 1 aromatic rings. The van der Waals surface area contributed by atoms with E-state index in [1.54, 1.807) is 0 Å². The van der Waals surface area contributed by atoms with Crippen molar-refractivity contribution in [1.29, 1.82) is 0 Å². The monoisotopic (exact) mass is 250 g/mol. The molecule has 3 nitrogen and oxygen atoms in total. The van der Waals surface area contributed by atoms with Crippen molar-refractivity contribution in [2.24, 2.45) is 5.92 Å². The van der Waals surface area contributed by atoms with E-state index in [1.165, 1.54) is 12.8 Å². The van der Waals surface area contributed by atoms with Crippen molar-refractivity contribution in [3.8, 4) is 5.75 Å². The van der Waals surface area contributed by atoms with Crippen molar-refractivity contribution in [2.75, 3.05) is 24.2 Å². The minimum atomic E-state index is 0.714. The van der Waals surface area contributed by atoms with Gasteiger partial charge in [-0.1, -0.05) is 33.6 Å². The van der Waals surface area contributed by atoms with Gasteiger partial charge in [-0.15, -0.1) is 0 Å². The summed E-state index contributed by atoms with van der Waals surface area (Å²) in [6, 6.07) is 5.85. The van der Waals surface area contributed by atoms with Crippen molar-refractivity contribution in [3.05, 3.63) is 18.2 Å². The fourth-order valence-electron chi connectivity index (χ4n) is 1.87. The molecule has 0 amide bonds. The number of nitrogens with one attached hydrogen (secondary N) is 1. The largest absolute Gasteiger partial charge is 0.493 e. The molecular weight excluding hydrogens is 224 g/mol. The molecule has 0 aliphatic rings. The highest BCUT2D eigenvalue weighted by molar-refractivity contribution is 5.59. The normalized spacial score (nSPS) is 10.7. The lowest BCUT2D eigenvalue weighted by molar-refractivity contribution is 0.318. The highest BCUT2D eigenvalue weighted by Crippen LogP contribution is 2.23. The second-order valence-electron chi connectivity index (χ2n) is 4.70. The number of benzene rings is 1. The van der Waals surface area contributed by atoms with Gasteiger partial charge in [-0.05, 0) is 18.4 Å². The number of rotatable bonds is 8. The van der Waals surface area contributed by atoms with Gasteiger partial charge in [-0.2, -0.15) is 0 Å². The Morgan fingerprint density at radius 2 is 1.89 bits per heavy atom. The molecule has 0 aliphatic carbocycles. The molecule has 0 heterocycles. The van der Waals surface area contributed by atoms with Crippen LogP contribution in [0.1, 0.15) is 40.0 Å². The zero-order chi connectivity index (χ0) is 13.4. The lowest BCUT2D eigenvalue weighted by Crippen LogP contribution is -2.12. The quantitative estimate of drug-likeness (QED) is 0.688. The fourth-order valence-corrected chi connectivity index (χ4v) is 1.87. The summed E-state index contributed by atoms with van der Waals surface area (Å²) >= 11 is 0. The smallest absolute Gasteiger partial charge is 0.123 e. The van der Waals surface area contributed by atoms with E-state index in [1.807, 2.05) is 18.2 Å². The molecule has 1 rings (SSSR count). The van der Waals surface area contributed by atoms with Gasteiger partial charge in [0.05, 0.1) is 6.61 Å². The lowest BCUT2D eigenvalue weighted by atomic mass is 10.0. The summed E-state index contributed by atoms with van der Waals surface area (Å²) < 4.78 is 5.62. The molecular formula is C15H26N2O. The van der Waals surface area contributed by atoms with Gasteiger partial charge in [0.15, 0.2) is 0 Å². The molecule has 1 aromatic carbocycles. The number of nitrogens with two attached hydrogens (primary N) is 1. The summed E-state index contributed by atoms with van der Waals surface area (Å²) in [6.45, 7) is 8.27. The van der Waals surface area contributed by atoms with Gasteiger partial charge >= 0.3 is 0 Å². The summed E-state index contributed by atoms with van der Waals surface area (Å²) in [5, 5.41) is 3.44. The highest BCUT2D eigenvalue weighted by atomic mass is 16.5. The number of hydrogen-bond donors (Lipinski definition) is 2. The van der Waals surface area contributed by atoms with Gasteiger partial charge in [0.2, 0.25) is 0 Å². The second kappa shape index (κ2) is 7.85. The molecule has 0 bridgehead atoms. The zero-order valence-electron chi connectivity index (χ0n) is 11.8. The van der Waals surface area contributed by atoms with Gasteiger partial charge in [0, 0.05) is 30.1 Å². The Morgan fingerprint density at radius 1 is 1.17 bits per heavy atom. The predicted molar refractivity (Wildman–Crippen MR) is 79.2 cm³/mol. The van der Waals surface area contributed by atoms with Crippen LogP contribution in [0.3, 0.4) is 0 Å². The van der Waals surface area contributed by atoms with Crippen LogP contribution in [0.4, 0.5) is 11.4 Å². The number of nitrogen functional groups attached to an aromatic ring is 1. The first kappa shape index (κ1) is 14.7. The molecule has 0 fully saturated rings. The Morgan fingerprint density at radius 3 is 2.50 bits per heavy atom. The molecule has 0 radical (unpaired) electrons. The predicted octanol–water partition coefficient (Wildman–Crippen LogP) is 3.91. The molecule has 18 heavy (non-hydrogen) atoms. The summed E-state index contributed by atoms with van der Waals surface area (Å²) in [4.78, 5) is 0. The molecule has 0 unspecified atom stereocenters. The van der Waals surface area contributed by atoms with E-state index in [0.29, 0.717) is 5.92 Å². The molecule has 0 saturated heterocycles. The van der Waals surface area contributed by atoms with Crippen LogP contribution in [-0.2, 0) is 0 Å². The Labute approximate surface area is 111 Å². The van der Waals surface area contributed by atoms with Gasteiger partial charge < -0.3 is 15.8 Å². The van der Waals surface area contributed by atoms with Crippen LogP contribution < -0.4 is 15.8 Å². The van der Waals surface area contributed by atoms with E-state index in [4.69, 9.17) is 10.5 Å². The zero-order valence-corrected chi connectivity index (χ0v) is 11.8. The second-order valence-corrected chi connectivity index (χ2v) is 4.70. The number of anilines is 2. The van der Waals surface area contributed by atoms with E-state index in [9.17, 15) is 0 Å². The molecule has 3 heteroatoms. The van der Waals surface area contributed by atoms with Crippen LogP contribution in [0.5, 0.6) is 5.75 Å². The third-order valence-corrected chi connectivity index (χ3v) is 3.15. The Bertz CT molecular complexity index is 348. The van der Waals surface area contributed by atoms with E-state index >= 15 is 0 Å². The lowest BCUT2D eigenvalue weighted by Gasteiger charge is -2.15. The van der Waals surface area contributed by atoms with Crippen LogP contribution in [0.15, 0.2) is 18.2 Å². The van der Waals surface area contributed by atoms with Crippen LogP contribution in [0.2, 0.25) is 0 Å². The molecule has 0 spiro atoms. The first-order valence-corrected chi connectivity index (χ1v) is 6.96. The van der Waals surface area contributed by atoms with Crippen LogP contribution in [0.25, 0.3) is 0 Å². The molecule has 102 valence electrons. The molecule has 0 saturated carbocycles. The molecule has 0 atom stereocenters. The van der Waals surface area contributed by atoms with Gasteiger partial charge in [-0.3, -0.25) is 0 Å². The van der Waals surface area contributed by atoms with Crippen LogP contribution in [0, 0.1) is 5.92 Å². The Kier molecular flexibility index (Phi) is 6.40. The summed E-state index contributed by atoms with van der Waals surface area (Å²) in [7, 11) is 0. The van der Waals surface area contributed by atoms with Crippen molar-refractivity contribution < 1.29 is 4.74 Å². The van der Waals surface area contributed by atoms with Gasteiger partial charge in [-0.25, -0.2) is 0 Å². The van der Waals surface area contributed by atoms with Crippen molar-refractivity contribution >= 4 is 11.4 Å². The standard InChI is InChI=1S/C15H26N2O/c1-4-7-18-15-9-13(16)8-14(10-15)17-11-12(5-2)6-3/h8-10,12,17H,4-7,11,16H2,1-3H3. The van der Waals surface area contributed by atoms with Gasteiger partial charge in [0.1, 0.15) is 5.75 Å². The minimum absolute atomic E-state index is 0.714. The average molecular weight is 250 g/mol. The van der Waals surface area contributed by atoms with Crippen molar-refractivity contribution in [2.45, 2.75) is 40.0 Å². The Hall–Kier alpha value is -1.38. The third kappa shape index (κ3) is 4.86. The summed E-state index contributed by atoms with van der Waals surface area (Å²) in [5.41, 5.74) is 7.68. The summed E-state index contributed by atoms with van der Waals surface area (Å²) in [6.07, 6.45) is 3.40. The SMILES string of the molecule is CCCOc1cc(N)cc(NCC(CC)CC)c1. The fraction of sp³-hybridized carbons (Fsp3) is 0.600. The van der Waals surface area contributed by atoms with E-state index in [0.717, 1.165) is 36.7 Å². The van der Waals surface area contributed by atoms with Crippen molar-refractivity contribution in [1.82, 2.24) is 0 Å². The topological polar surface area (TPSA) is 47.3 Å². The minimum Gasteiger partial charge on any atom is -0.493 e. The van der Waals surface area contributed by atoms with E-state index in [2.05, 4.69) is 26.1 Å². The van der Waals surface area contributed by atoms with Gasteiger partial charge in [0.25, 0.3) is 0 Å². The summed E-state index contributed by atoms with van der Waals surface area (Å²) in [5.74, 6) is 1.57. The van der Waals surface area contributed by atoms with Crippen LogP contribution in [-0.4, -0.2) is 13.2 Å². The molecule has 3 N–H and O–H groups in total. The first-order valence-electron chi connectivity index (χ1n) is 6.96. The van der Waals surface area contributed by atoms with E-state index < -0.39 is 0 Å². The number of hydrogen-bond acceptors (Lipinski definition) is 3.